The maximum absolute atomic E-state index is 4.80. The average molecular weight is 369 g/mol. The molecule has 0 radical (unpaired) electrons. The summed E-state index contributed by atoms with van der Waals surface area (Å²) in [6.45, 7) is 12.8. The van der Waals surface area contributed by atoms with E-state index < -0.39 is 0 Å². The zero-order chi connectivity index (χ0) is 15.1. The topological polar surface area (TPSA) is 60.1 Å². The molecule has 0 aromatic rings. The van der Waals surface area contributed by atoms with Gasteiger partial charge in [0.25, 0.3) is 0 Å². The van der Waals surface area contributed by atoms with E-state index in [0.717, 1.165) is 52.4 Å². The first-order chi connectivity index (χ1) is 9.70. The Kier molecular flexibility index (Phi) is 17.0. The molecule has 2 atom stereocenters. The van der Waals surface area contributed by atoms with Crippen LogP contribution in [0.1, 0.15) is 13.8 Å². The molecule has 123 valence electrons. The van der Waals surface area contributed by atoms with Crippen molar-refractivity contribution >= 4 is 20.2 Å². The van der Waals surface area contributed by atoms with Crippen LogP contribution in [0.2, 0.25) is 0 Å². The first-order valence-electron chi connectivity index (χ1n) is 7.16. The van der Waals surface area contributed by atoms with Crippen molar-refractivity contribution in [2.75, 3.05) is 52.4 Å². The van der Waals surface area contributed by atoms with Gasteiger partial charge in [-0.25, -0.2) is 0 Å². The first kappa shape index (κ1) is 20.9. The minimum absolute atomic E-state index is 0.00694. The molecule has 0 aromatic heterocycles. The SMILES string of the molecule is C[C@@H]1CNCCNCCNCCN[C@@H](C)CN1.[Cl][Mn][Cl]. The van der Waals surface area contributed by atoms with Gasteiger partial charge in [0.15, 0.2) is 0 Å². The van der Waals surface area contributed by atoms with Crippen LogP contribution in [0.5, 0.6) is 0 Å². The number of hydrogen-bond donors (Lipinski definition) is 5. The maximum atomic E-state index is 4.80. The molecule has 0 unspecified atom stereocenters. The van der Waals surface area contributed by atoms with Gasteiger partial charge in [-0.1, -0.05) is 0 Å². The Morgan fingerprint density at radius 2 is 1.15 bits per heavy atom. The van der Waals surface area contributed by atoms with Gasteiger partial charge >= 0.3 is 33.3 Å². The summed E-state index contributed by atoms with van der Waals surface area (Å²) in [5.74, 6) is 0. The van der Waals surface area contributed by atoms with Crippen molar-refractivity contribution in [3.63, 3.8) is 0 Å². The molecule has 0 saturated carbocycles. The quantitative estimate of drug-likeness (QED) is 0.392. The molecule has 0 amide bonds. The van der Waals surface area contributed by atoms with Crippen LogP contribution in [0.4, 0.5) is 0 Å². The molecule has 0 bridgehead atoms. The number of halogens is 2. The second kappa shape index (κ2) is 16.3. The van der Waals surface area contributed by atoms with Gasteiger partial charge in [-0.2, -0.15) is 0 Å². The van der Waals surface area contributed by atoms with E-state index in [1.165, 1.54) is 0 Å². The molecular weight excluding hydrogens is 340 g/mol. The van der Waals surface area contributed by atoms with Crippen LogP contribution in [0.25, 0.3) is 0 Å². The molecule has 1 aliphatic heterocycles. The van der Waals surface area contributed by atoms with E-state index in [1.54, 1.807) is 0 Å². The Bertz CT molecular complexity index is 185. The van der Waals surface area contributed by atoms with Gasteiger partial charge in [-0.15, -0.1) is 0 Å². The molecule has 5 N–H and O–H groups in total. The number of hydrogen-bond acceptors (Lipinski definition) is 5. The molecule has 0 aromatic carbocycles. The first-order valence-corrected chi connectivity index (χ1v) is 10.4. The van der Waals surface area contributed by atoms with Crippen LogP contribution in [-0.2, 0) is 13.1 Å². The number of rotatable bonds is 0. The molecule has 20 heavy (non-hydrogen) atoms. The van der Waals surface area contributed by atoms with Crippen LogP contribution >= 0.6 is 20.2 Å². The van der Waals surface area contributed by atoms with E-state index in [1.807, 2.05) is 0 Å². The third-order valence-electron chi connectivity index (χ3n) is 2.97. The van der Waals surface area contributed by atoms with E-state index >= 15 is 0 Å². The standard InChI is InChI=1S/C12H29N5.2ClH.Mn/c1-11-9-15-6-5-13-3-4-14-7-8-16-12(2)10-17-11;;;/h11-17H,3-10H2,1-2H3;2*1H;/q;;;+2/p-2/t11-,12+;;;/m1.../s1. The fourth-order valence-corrected chi connectivity index (χ4v) is 1.85. The summed E-state index contributed by atoms with van der Waals surface area (Å²) in [5, 5.41) is 17.3. The third kappa shape index (κ3) is 15.3. The zero-order valence-electron chi connectivity index (χ0n) is 12.4. The van der Waals surface area contributed by atoms with Gasteiger partial charge in [0.1, 0.15) is 0 Å². The predicted molar refractivity (Wildman–Crippen MR) is 85.2 cm³/mol. The molecule has 8 heteroatoms. The summed E-state index contributed by atoms with van der Waals surface area (Å²) in [6.07, 6.45) is 0. The summed E-state index contributed by atoms with van der Waals surface area (Å²) in [4.78, 5) is 0. The van der Waals surface area contributed by atoms with E-state index in [9.17, 15) is 0 Å². The van der Waals surface area contributed by atoms with Crippen molar-refractivity contribution in [3.05, 3.63) is 0 Å². The summed E-state index contributed by atoms with van der Waals surface area (Å²) >= 11 is 0.00694. The van der Waals surface area contributed by atoms with Crippen molar-refractivity contribution < 1.29 is 13.1 Å². The van der Waals surface area contributed by atoms with Crippen LogP contribution in [0, 0.1) is 0 Å². The Balaban J connectivity index is 0.00000110. The Morgan fingerprint density at radius 3 is 1.75 bits per heavy atom. The van der Waals surface area contributed by atoms with Gasteiger partial charge in [-0.05, 0) is 13.8 Å². The van der Waals surface area contributed by atoms with Crippen LogP contribution in [0.15, 0.2) is 0 Å². The molecule has 1 heterocycles. The number of nitrogens with one attached hydrogen (secondary N) is 5. The van der Waals surface area contributed by atoms with E-state index in [-0.39, 0.29) is 13.1 Å². The van der Waals surface area contributed by atoms with Crippen molar-refractivity contribution in [3.8, 4) is 0 Å². The molecule has 0 aliphatic carbocycles. The van der Waals surface area contributed by atoms with Crippen molar-refractivity contribution in [2.45, 2.75) is 25.9 Å². The molecule has 1 aliphatic rings. The Morgan fingerprint density at radius 1 is 0.700 bits per heavy atom. The van der Waals surface area contributed by atoms with E-state index in [4.69, 9.17) is 20.2 Å². The third-order valence-corrected chi connectivity index (χ3v) is 2.97. The second-order valence-corrected chi connectivity index (χ2v) is 6.87. The predicted octanol–water partition coefficient (Wildman–Crippen LogP) is 0.102. The van der Waals surface area contributed by atoms with Crippen molar-refractivity contribution in [1.29, 1.82) is 0 Å². The summed E-state index contributed by atoms with van der Waals surface area (Å²) in [6, 6.07) is 1.06. The normalized spacial score (nSPS) is 27.6. The van der Waals surface area contributed by atoms with Crippen LogP contribution in [0.3, 0.4) is 0 Å². The van der Waals surface area contributed by atoms with Gasteiger partial charge in [0, 0.05) is 64.4 Å². The Hall–Kier alpha value is 0.899. The monoisotopic (exact) mass is 368 g/mol. The van der Waals surface area contributed by atoms with Gasteiger partial charge in [0.2, 0.25) is 0 Å². The fraction of sp³-hybridized carbons (Fsp3) is 1.00. The molecule has 5 nitrogen and oxygen atoms in total. The minimum atomic E-state index is 0.00694. The zero-order valence-corrected chi connectivity index (χ0v) is 15.1. The Labute approximate surface area is 138 Å². The average Bonchev–Trinajstić information content (AvgIpc) is 2.43. The van der Waals surface area contributed by atoms with Crippen LogP contribution in [-0.4, -0.2) is 64.4 Å². The molecular formula is C12H29Cl2MnN5. The summed E-state index contributed by atoms with van der Waals surface area (Å²) in [7, 11) is 9.59. The molecule has 0 spiro atoms. The van der Waals surface area contributed by atoms with Crippen molar-refractivity contribution in [2.24, 2.45) is 0 Å². The van der Waals surface area contributed by atoms with E-state index in [2.05, 4.69) is 40.4 Å². The van der Waals surface area contributed by atoms with Crippen molar-refractivity contribution in [1.82, 2.24) is 26.6 Å². The van der Waals surface area contributed by atoms with Crippen LogP contribution < -0.4 is 26.6 Å². The van der Waals surface area contributed by atoms with E-state index in [0.29, 0.717) is 12.1 Å². The molecule has 1 rings (SSSR count). The second-order valence-electron chi connectivity index (χ2n) is 4.92. The fourth-order valence-electron chi connectivity index (χ4n) is 1.85. The molecule has 1 fully saturated rings. The van der Waals surface area contributed by atoms with Gasteiger partial charge in [-0.3, -0.25) is 0 Å². The van der Waals surface area contributed by atoms with Gasteiger partial charge < -0.3 is 26.6 Å². The summed E-state index contributed by atoms with van der Waals surface area (Å²) < 4.78 is 0. The summed E-state index contributed by atoms with van der Waals surface area (Å²) in [5.41, 5.74) is 0. The van der Waals surface area contributed by atoms with Gasteiger partial charge in [0.05, 0.1) is 0 Å². The molecule has 1 saturated heterocycles.